The Bertz CT molecular complexity index is 487. The first-order valence-electron chi connectivity index (χ1n) is 5.02. The van der Waals surface area contributed by atoms with Gasteiger partial charge in [-0.25, -0.2) is 0 Å². The Hall–Kier alpha value is -0.930. The standard InChI is InChI=1S/C12H15NOS/c1-8-10-5-4-9(12(2,3)7-14)6-11(10)15-13-8/h4-6,14H,7H2,1-3H3. The minimum Gasteiger partial charge on any atom is -0.395 e. The molecular weight excluding hydrogens is 206 g/mol. The van der Waals surface area contributed by atoms with E-state index < -0.39 is 0 Å². The molecule has 1 aromatic carbocycles. The van der Waals surface area contributed by atoms with Gasteiger partial charge in [0.15, 0.2) is 0 Å². The molecule has 0 aliphatic rings. The maximum atomic E-state index is 9.31. The molecule has 0 bridgehead atoms. The van der Waals surface area contributed by atoms with E-state index in [1.807, 2.05) is 20.8 Å². The molecule has 3 heteroatoms. The molecule has 0 atom stereocenters. The van der Waals surface area contributed by atoms with Crippen molar-refractivity contribution in [1.82, 2.24) is 4.37 Å². The average molecular weight is 221 g/mol. The summed E-state index contributed by atoms with van der Waals surface area (Å²) in [5.74, 6) is 0. The number of aliphatic hydroxyl groups is 1. The van der Waals surface area contributed by atoms with Gasteiger partial charge in [0.05, 0.1) is 17.0 Å². The van der Waals surface area contributed by atoms with E-state index in [2.05, 4.69) is 22.6 Å². The molecule has 0 radical (unpaired) electrons. The van der Waals surface area contributed by atoms with Crippen LogP contribution in [-0.4, -0.2) is 16.1 Å². The highest BCUT2D eigenvalue weighted by atomic mass is 32.1. The Labute approximate surface area is 93.7 Å². The minimum absolute atomic E-state index is 0.163. The Balaban J connectivity index is 2.57. The zero-order chi connectivity index (χ0) is 11.1. The largest absolute Gasteiger partial charge is 0.395 e. The summed E-state index contributed by atoms with van der Waals surface area (Å²) in [6.45, 7) is 6.27. The molecule has 0 aliphatic carbocycles. The Kier molecular flexibility index (Phi) is 2.52. The van der Waals surface area contributed by atoms with E-state index in [-0.39, 0.29) is 12.0 Å². The van der Waals surface area contributed by atoms with Crippen LogP contribution in [0.1, 0.15) is 25.1 Å². The predicted molar refractivity (Wildman–Crippen MR) is 64.5 cm³/mol. The molecule has 15 heavy (non-hydrogen) atoms. The second kappa shape index (κ2) is 3.58. The van der Waals surface area contributed by atoms with Crippen molar-refractivity contribution in [2.24, 2.45) is 0 Å². The summed E-state index contributed by atoms with van der Waals surface area (Å²) in [6, 6.07) is 6.32. The number of aliphatic hydroxyl groups excluding tert-OH is 1. The second-order valence-electron chi connectivity index (χ2n) is 4.52. The van der Waals surface area contributed by atoms with Crippen molar-refractivity contribution in [1.29, 1.82) is 0 Å². The van der Waals surface area contributed by atoms with Gasteiger partial charge in [-0.2, -0.15) is 4.37 Å². The van der Waals surface area contributed by atoms with Crippen LogP contribution in [-0.2, 0) is 5.41 Å². The molecule has 0 saturated heterocycles. The fourth-order valence-corrected chi connectivity index (χ4v) is 2.40. The van der Waals surface area contributed by atoms with E-state index in [9.17, 15) is 5.11 Å². The van der Waals surface area contributed by atoms with Crippen LogP contribution < -0.4 is 0 Å². The van der Waals surface area contributed by atoms with Crippen molar-refractivity contribution in [3.63, 3.8) is 0 Å². The predicted octanol–water partition coefficient (Wildman–Crippen LogP) is 2.87. The lowest BCUT2D eigenvalue weighted by Gasteiger charge is -2.22. The van der Waals surface area contributed by atoms with Gasteiger partial charge in [-0.15, -0.1) is 0 Å². The third-order valence-electron chi connectivity index (χ3n) is 2.83. The molecule has 0 aliphatic heterocycles. The third-order valence-corrected chi connectivity index (χ3v) is 3.73. The summed E-state index contributed by atoms with van der Waals surface area (Å²) in [6.07, 6.45) is 0. The van der Waals surface area contributed by atoms with Gasteiger partial charge in [-0.3, -0.25) is 0 Å². The van der Waals surface area contributed by atoms with Gasteiger partial charge in [-0.05, 0) is 30.1 Å². The minimum atomic E-state index is -0.175. The van der Waals surface area contributed by atoms with Gasteiger partial charge >= 0.3 is 0 Å². The van der Waals surface area contributed by atoms with Gasteiger partial charge in [0.2, 0.25) is 0 Å². The summed E-state index contributed by atoms with van der Waals surface area (Å²) >= 11 is 1.52. The summed E-state index contributed by atoms with van der Waals surface area (Å²) in [5.41, 5.74) is 2.08. The zero-order valence-corrected chi connectivity index (χ0v) is 10.1. The third kappa shape index (κ3) is 1.77. The summed E-state index contributed by atoms with van der Waals surface area (Å²) < 4.78 is 5.52. The van der Waals surface area contributed by atoms with Crippen molar-refractivity contribution in [3.8, 4) is 0 Å². The smallest absolute Gasteiger partial charge is 0.0589 e. The van der Waals surface area contributed by atoms with E-state index in [4.69, 9.17) is 0 Å². The first-order chi connectivity index (χ1) is 7.04. The molecule has 1 aromatic heterocycles. The molecule has 1 heterocycles. The first kappa shape index (κ1) is 10.6. The number of hydrogen-bond donors (Lipinski definition) is 1. The molecule has 2 nitrogen and oxygen atoms in total. The van der Waals surface area contributed by atoms with Crippen LogP contribution in [0.15, 0.2) is 18.2 Å². The van der Waals surface area contributed by atoms with E-state index in [1.54, 1.807) is 0 Å². The number of benzene rings is 1. The van der Waals surface area contributed by atoms with Crippen LogP contribution in [0.25, 0.3) is 10.1 Å². The number of nitrogens with zero attached hydrogens (tertiary/aromatic N) is 1. The fourth-order valence-electron chi connectivity index (χ4n) is 1.58. The molecule has 0 amide bonds. The normalized spacial score (nSPS) is 12.3. The maximum absolute atomic E-state index is 9.31. The quantitative estimate of drug-likeness (QED) is 0.846. The van der Waals surface area contributed by atoms with Crippen molar-refractivity contribution in [3.05, 3.63) is 29.5 Å². The highest BCUT2D eigenvalue weighted by Crippen LogP contribution is 2.29. The number of aromatic nitrogens is 1. The van der Waals surface area contributed by atoms with Crippen molar-refractivity contribution in [2.75, 3.05) is 6.61 Å². The summed E-state index contributed by atoms with van der Waals surface area (Å²) in [5, 5.41) is 10.5. The molecule has 0 unspecified atom stereocenters. The Morgan fingerprint density at radius 3 is 2.80 bits per heavy atom. The van der Waals surface area contributed by atoms with Gasteiger partial charge < -0.3 is 5.11 Å². The molecule has 1 N–H and O–H groups in total. The first-order valence-corrected chi connectivity index (χ1v) is 5.79. The number of rotatable bonds is 2. The lowest BCUT2D eigenvalue weighted by molar-refractivity contribution is 0.218. The lowest BCUT2D eigenvalue weighted by atomic mass is 9.85. The van der Waals surface area contributed by atoms with Crippen LogP contribution in [0.3, 0.4) is 0 Å². The summed E-state index contributed by atoms with van der Waals surface area (Å²) in [4.78, 5) is 0. The van der Waals surface area contributed by atoms with E-state index in [0.29, 0.717) is 0 Å². The number of fused-ring (bicyclic) bond motifs is 1. The molecule has 0 spiro atoms. The van der Waals surface area contributed by atoms with E-state index >= 15 is 0 Å². The van der Waals surface area contributed by atoms with Crippen molar-refractivity contribution >= 4 is 21.6 Å². The monoisotopic (exact) mass is 221 g/mol. The SMILES string of the molecule is Cc1nsc2cc(C(C)(C)CO)ccc12. The van der Waals surface area contributed by atoms with Gasteiger partial charge in [0.25, 0.3) is 0 Å². The lowest BCUT2D eigenvalue weighted by Crippen LogP contribution is -2.21. The number of aryl methyl sites for hydroxylation is 1. The molecular formula is C12H15NOS. The van der Waals surface area contributed by atoms with Crippen LogP contribution in [0.2, 0.25) is 0 Å². The molecule has 0 fully saturated rings. The topological polar surface area (TPSA) is 33.1 Å². The Morgan fingerprint density at radius 2 is 2.13 bits per heavy atom. The van der Waals surface area contributed by atoms with Crippen LogP contribution in [0, 0.1) is 6.92 Å². The molecule has 2 rings (SSSR count). The molecule has 2 aromatic rings. The highest BCUT2D eigenvalue weighted by Gasteiger charge is 2.19. The Morgan fingerprint density at radius 1 is 1.40 bits per heavy atom. The maximum Gasteiger partial charge on any atom is 0.0589 e. The van der Waals surface area contributed by atoms with Crippen LogP contribution in [0.5, 0.6) is 0 Å². The zero-order valence-electron chi connectivity index (χ0n) is 9.24. The van der Waals surface area contributed by atoms with Crippen molar-refractivity contribution < 1.29 is 5.11 Å². The van der Waals surface area contributed by atoms with E-state index in [1.165, 1.54) is 27.2 Å². The van der Waals surface area contributed by atoms with E-state index in [0.717, 1.165) is 5.69 Å². The van der Waals surface area contributed by atoms with Gasteiger partial charge in [0.1, 0.15) is 0 Å². The van der Waals surface area contributed by atoms with Gasteiger partial charge in [0, 0.05) is 10.8 Å². The van der Waals surface area contributed by atoms with Crippen molar-refractivity contribution in [2.45, 2.75) is 26.2 Å². The molecule has 0 saturated carbocycles. The molecule has 80 valence electrons. The summed E-state index contributed by atoms with van der Waals surface area (Å²) in [7, 11) is 0. The van der Waals surface area contributed by atoms with Gasteiger partial charge in [-0.1, -0.05) is 26.0 Å². The fraction of sp³-hybridized carbons (Fsp3) is 0.417. The highest BCUT2D eigenvalue weighted by molar-refractivity contribution is 7.13. The average Bonchev–Trinajstić information content (AvgIpc) is 2.60. The van der Waals surface area contributed by atoms with Crippen LogP contribution >= 0.6 is 11.5 Å². The number of hydrogen-bond acceptors (Lipinski definition) is 3. The second-order valence-corrected chi connectivity index (χ2v) is 5.33. The van der Waals surface area contributed by atoms with Crippen LogP contribution in [0.4, 0.5) is 0 Å².